The zero-order chi connectivity index (χ0) is 24.2. The number of H-pyrrole nitrogens is 1. The number of aromatic nitrogens is 1. The fourth-order valence-corrected chi connectivity index (χ4v) is 4.81. The van der Waals surface area contributed by atoms with Gasteiger partial charge in [-0.25, -0.2) is 10.2 Å². The highest BCUT2D eigenvalue weighted by molar-refractivity contribution is 6.31. The van der Waals surface area contributed by atoms with Crippen molar-refractivity contribution >= 4 is 34.9 Å². The van der Waals surface area contributed by atoms with Crippen LogP contribution in [0.3, 0.4) is 0 Å². The number of aromatic amines is 1. The van der Waals surface area contributed by atoms with Crippen molar-refractivity contribution < 1.29 is 14.3 Å². The second-order valence-electron chi connectivity index (χ2n) is 8.50. The number of fused-ring (bicyclic) bond motifs is 3. The van der Waals surface area contributed by atoms with Crippen molar-refractivity contribution in [1.82, 2.24) is 20.3 Å². The number of rotatable bonds is 8. The Morgan fingerprint density at radius 3 is 2.89 bits per heavy atom. The smallest absolute Gasteiger partial charge is 0.410 e. The normalized spacial score (nSPS) is 17.0. The quantitative estimate of drug-likeness (QED) is 0.352. The van der Waals surface area contributed by atoms with E-state index in [0.29, 0.717) is 31.3 Å². The largest absolute Gasteiger partial charge is 0.494 e. The van der Waals surface area contributed by atoms with Crippen LogP contribution < -0.4 is 10.2 Å². The van der Waals surface area contributed by atoms with E-state index < -0.39 is 0 Å². The van der Waals surface area contributed by atoms with Crippen LogP contribution in [0, 0.1) is 0 Å². The Morgan fingerprint density at radius 2 is 2.11 bits per heavy atom. The van der Waals surface area contributed by atoms with Gasteiger partial charge in [0.1, 0.15) is 31.4 Å². The lowest BCUT2D eigenvalue weighted by Gasteiger charge is -2.35. The van der Waals surface area contributed by atoms with Gasteiger partial charge in [0, 0.05) is 41.1 Å². The summed E-state index contributed by atoms with van der Waals surface area (Å²) < 4.78 is 11.3. The summed E-state index contributed by atoms with van der Waals surface area (Å²) in [5, 5.41) is 3.74. The lowest BCUT2D eigenvalue weighted by Crippen LogP contribution is -2.41. The first-order chi connectivity index (χ1) is 17.1. The number of hydrazine groups is 1. The zero-order valence-corrected chi connectivity index (χ0v) is 20.1. The zero-order valence-electron chi connectivity index (χ0n) is 19.4. The number of carbonyl (C=O) groups excluding carboxylic acids is 1. The van der Waals surface area contributed by atoms with E-state index >= 15 is 0 Å². The number of nitrogens with zero attached hydrogens (tertiary/aromatic N) is 3. The highest BCUT2D eigenvalue weighted by Gasteiger charge is 2.35. The van der Waals surface area contributed by atoms with Gasteiger partial charge >= 0.3 is 6.09 Å². The predicted octanol–water partition coefficient (Wildman–Crippen LogP) is 4.67. The molecule has 5 rings (SSSR count). The monoisotopic (exact) mass is 493 g/mol. The van der Waals surface area contributed by atoms with Crippen LogP contribution in [0.5, 0.6) is 5.75 Å². The van der Waals surface area contributed by atoms with Crippen LogP contribution >= 0.6 is 11.6 Å². The summed E-state index contributed by atoms with van der Waals surface area (Å²) in [4.78, 5) is 22.4. The van der Waals surface area contributed by atoms with E-state index in [1.807, 2.05) is 47.5 Å². The summed E-state index contributed by atoms with van der Waals surface area (Å²) in [6, 6.07) is 13.4. The van der Waals surface area contributed by atoms with Crippen LogP contribution in [0.4, 0.5) is 4.79 Å². The molecule has 2 aliphatic heterocycles. The summed E-state index contributed by atoms with van der Waals surface area (Å²) in [5.74, 6) is 0.789. The summed E-state index contributed by atoms with van der Waals surface area (Å²) in [5.41, 5.74) is 7.29. The predicted molar refractivity (Wildman–Crippen MR) is 137 cm³/mol. The number of benzene rings is 2. The Hall–Kier alpha value is -3.49. The maximum absolute atomic E-state index is 12.9. The van der Waals surface area contributed by atoms with E-state index in [-0.39, 0.29) is 18.7 Å². The standard InChI is InChI=1S/C26H28ClN5O3/c1-2-13-35-26(33)32-12-10-21-22-15-19(27)6-9-23(22)30-24(21)25(32)18-4-7-20(8-5-18)34-14-3-11-31-17-28-16-29-31/h2,4-9,15,17,25,29-30H,1,3,10-14,16H2. The van der Waals surface area contributed by atoms with Crippen LogP contribution in [-0.2, 0) is 11.2 Å². The van der Waals surface area contributed by atoms with Crippen molar-refractivity contribution in [2.75, 3.05) is 33.0 Å². The molecule has 3 aromatic rings. The highest BCUT2D eigenvalue weighted by atomic mass is 35.5. The number of carbonyl (C=O) groups is 1. The van der Waals surface area contributed by atoms with Gasteiger partial charge in [-0.05, 0) is 47.9 Å². The molecule has 0 saturated heterocycles. The van der Waals surface area contributed by atoms with Gasteiger partial charge in [0.15, 0.2) is 0 Å². The lowest BCUT2D eigenvalue weighted by molar-refractivity contribution is 0.0979. The molecule has 182 valence electrons. The molecule has 8 nitrogen and oxygen atoms in total. The van der Waals surface area contributed by atoms with Gasteiger partial charge in [0.2, 0.25) is 0 Å². The van der Waals surface area contributed by atoms with Crippen molar-refractivity contribution in [2.24, 2.45) is 4.99 Å². The van der Waals surface area contributed by atoms with Crippen molar-refractivity contribution in [3.63, 3.8) is 0 Å². The van der Waals surface area contributed by atoms with Crippen LogP contribution in [0.25, 0.3) is 10.9 Å². The van der Waals surface area contributed by atoms with Crippen molar-refractivity contribution in [2.45, 2.75) is 18.9 Å². The highest BCUT2D eigenvalue weighted by Crippen LogP contribution is 2.39. The third-order valence-corrected chi connectivity index (χ3v) is 6.48. The first-order valence-corrected chi connectivity index (χ1v) is 12.1. The number of halogens is 1. The van der Waals surface area contributed by atoms with Crippen LogP contribution in [0.2, 0.25) is 5.02 Å². The number of amides is 1. The molecule has 0 fully saturated rings. The third kappa shape index (κ3) is 4.99. The summed E-state index contributed by atoms with van der Waals surface area (Å²) in [7, 11) is 0. The molecule has 0 radical (unpaired) electrons. The van der Waals surface area contributed by atoms with Crippen molar-refractivity contribution in [3.05, 3.63) is 77.0 Å². The molecule has 1 atom stereocenters. The Balaban J connectivity index is 1.37. The lowest BCUT2D eigenvalue weighted by atomic mass is 9.92. The van der Waals surface area contributed by atoms with Gasteiger partial charge in [-0.15, -0.1) is 0 Å². The molecule has 3 heterocycles. The molecule has 0 spiro atoms. The average molecular weight is 494 g/mol. The Kier molecular flexibility index (Phi) is 6.92. The topological polar surface area (TPSA) is 82.2 Å². The molecule has 0 saturated carbocycles. The first kappa shape index (κ1) is 23.3. The molecule has 2 aromatic carbocycles. The van der Waals surface area contributed by atoms with Gasteiger partial charge in [-0.2, -0.15) is 0 Å². The Morgan fingerprint density at radius 1 is 1.26 bits per heavy atom. The summed E-state index contributed by atoms with van der Waals surface area (Å²) in [6.45, 7) is 6.42. The molecule has 35 heavy (non-hydrogen) atoms. The summed E-state index contributed by atoms with van der Waals surface area (Å²) >= 11 is 6.28. The van der Waals surface area contributed by atoms with E-state index in [4.69, 9.17) is 21.1 Å². The number of nitrogens with one attached hydrogen (secondary N) is 2. The average Bonchev–Trinajstić information content (AvgIpc) is 3.52. The van der Waals surface area contributed by atoms with E-state index in [9.17, 15) is 4.79 Å². The van der Waals surface area contributed by atoms with Crippen molar-refractivity contribution in [1.29, 1.82) is 0 Å². The van der Waals surface area contributed by atoms with E-state index in [2.05, 4.69) is 22.0 Å². The third-order valence-electron chi connectivity index (χ3n) is 6.24. The first-order valence-electron chi connectivity index (χ1n) is 11.7. The van der Waals surface area contributed by atoms with Gasteiger partial charge in [0.25, 0.3) is 0 Å². The maximum Gasteiger partial charge on any atom is 0.410 e. The molecular weight excluding hydrogens is 466 g/mol. The molecule has 2 aliphatic rings. The molecule has 1 aromatic heterocycles. The minimum absolute atomic E-state index is 0.169. The fourth-order valence-electron chi connectivity index (χ4n) is 4.64. The second kappa shape index (κ2) is 10.4. The maximum atomic E-state index is 12.9. The van der Waals surface area contributed by atoms with Crippen molar-refractivity contribution in [3.8, 4) is 5.75 Å². The fraction of sp³-hybridized carbons (Fsp3) is 0.308. The summed E-state index contributed by atoms with van der Waals surface area (Å²) in [6.07, 6.45) is 4.60. The number of aliphatic imine (C=N–C) groups is 1. The Labute approximate surface area is 209 Å². The molecule has 0 aliphatic carbocycles. The van der Waals surface area contributed by atoms with Gasteiger partial charge < -0.3 is 14.5 Å². The van der Waals surface area contributed by atoms with Gasteiger partial charge in [-0.1, -0.05) is 36.4 Å². The molecule has 0 bridgehead atoms. The minimum atomic E-state index is -0.364. The SMILES string of the molecule is C=CCOC(=O)N1CCc2c([nH]c3ccc(Cl)cc23)C1c1ccc(OCCCN2C=NCN2)cc1. The number of hydrogen-bond acceptors (Lipinski definition) is 6. The number of hydrogen-bond donors (Lipinski definition) is 2. The molecular formula is C26H28ClN5O3. The second-order valence-corrected chi connectivity index (χ2v) is 8.93. The van der Waals surface area contributed by atoms with E-state index in [0.717, 1.165) is 40.9 Å². The van der Waals surface area contributed by atoms with E-state index in [1.165, 1.54) is 5.56 Å². The number of ether oxygens (including phenoxy) is 2. The molecule has 1 unspecified atom stereocenters. The van der Waals surface area contributed by atoms with Crippen LogP contribution in [0.1, 0.15) is 29.3 Å². The van der Waals surface area contributed by atoms with E-state index in [1.54, 1.807) is 17.3 Å². The van der Waals surface area contributed by atoms with Crippen LogP contribution in [0.15, 0.2) is 60.1 Å². The molecule has 1 amide bonds. The molecule has 9 heteroatoms. The van der Waals surface area contributed by atoms with Gasteiger partial charge in [0.05, 0.1) is 6.61 Å². The molecule has 2 N–H and O–H groups in total. The van der Waals surface area contributed by atoms with Gasteiger partial charge in [-0.3, -0.25) is 14.9 Å². The Bertz CT molecular complexity index is 1240. The minimum Gasteiger partial charge on any atom is -0.494 e. The van der Waals surface area contributed by atoms with Crippen LogP contribution in [-0.4, -0.2) is 60.3 Å².